The van der Waals surface area contributed by atoms with Gasteiger partial charge in [-0.25, -0.2) is 0 Å². The molecule has 2 aromatic heterocycles. The van der Waals surface area contributed by atoms with Gasteiger partial charge in [-0.15, -0.1) is 10.2 Å². The summed E-state index contributed by atoms with van der Waals surface area (Å²) in [6.07, 6.45) is 0.571. The third kappa shape index (κ3) is 4.61. The van der Waals surface area contributed by atoms with Crippen molar-refractivity contribution in [2.75, 3.05) is 5.32 Å². The van der Waals surface area contributed by atoms with Gasteiger partial charge in [0.05, 0.1) is 0 Å². The Morgan fingerprint density at radius 3 is 2.72 bits per heavy atom. The molecule has 0 aliphatic carbocycles. The summed E-state index contributed by atoms with van der Waals surface area (Å²) in [5.41, 5.74) is 0.805. The van der Waals surface area contributed by atoms with E-state index >= 15 is 0 Å². The van der Waals surface area contributed by atoms with Gasteiger partial charge in [0.25, 0.3) is 0 Å². The second kappa shape index (κ2) is 7.71. The van der Waals surface area contributed by atoms with Gasteiger partial charge in [-0.2, -0.15) is 4.98 Å². The molecule has 0 spiro atoms. The van der Waals surface area contributed by atoms with Gasteiger partial charge < -0.3 is 9.84 Å². The summed E-state index contributed by atoms with van der Waals surface area (Å²) in [6.45, 7) is 4.06. The monoisotopic (exact) mass is 377 g/mol. The van der Waals surface area contributed by atoms with Crippen LogP contribution in [-0.4, -0.2) is 26.2 Å². The molecule has 0 unspecified atom stereocenters. The molecule has 130 valence electrons. The molecule has 1 amide bonds. The van der Waals surface area contributed by atoms with E-state index in [1.54, 1.807) is 12.1 Å². The van der Waals surface area contributed by atoms with Gasteiger partial charge in [0, 0.05) is 29.3 Å². The minimum Gasteiger partial charge on any atom is -0.339 e. The number of hydrogen-bond donors (Lipinski definition) is 1. The van der Waals surface area contributed by atoms with Crippen molar-refractivity contribution in [3.63, 3.8) is 0 Å². The molecule has 1 aromatic carbocycles. The smallest absolute Gasteiger partial charge is 0.227 e. The lowest BCUT2D eigenvalue weighted by atomic mass is 10.2. The highest BCUT2D eigenvalue weighted by molar-refractivity contribution is 7.15. The fourth-order valence-corrected chi connectivity index (χ4v) is 2.88. The van der Waals surface area contributed by atoms with Gasteiger partial charge in [-0.1, -0.05) is 41.9 Å². The predicted molar refractivity (Wildman–Crippen MR) is 95.7 cm³/mol. The van der Waals surface area contributed by atoms with Crippen LogP contribution in [0.4, 0.5) is 5.13 Å². The largest absolute Gasteiger partial charge is 0.339 e. The topological polar surface area (TPSA) is 93.8 Å². The number of amides is 1. The van der Waals surface area contributed by atoms with Gasteiger partial charge in [0.1, 0.15) is 5.01 Å². The number of aryl methyl sites for hydroxylation is 1. The van der Waals surface area contributed by atoms with E-state index in [4.69, 9.17) is 16.1 Å². The van der Waals surface area contributed by atoms with Crippen LogP contribution in [0.5, 0.6) is 0 Å². The highest BCUT2D eigenvalue weighted by atomic mass is 35.5. The quantitative estimate of drug-likeness (QED) is 0.699. The maximum absolute atomic E-state index is 12.0. The van der Waals surface area contributed by atoms with Crippen LogP contribution in [-0.2, 0) is 11.2 Å². The number of benzene rings is 1. The summed E-state index contributed by atoms with van der Waals surface area (Å²) in [7, 11) is 0. The number of aromatic nitrogens is 4. The molecule has 1 N–H and O–H groups in total. The van der Waals surface area contributed by atoms with E-state index in [2.05, 4.69) is 25.7 Å². The molecule has 25 heavy (non-hydrogen) atoms. The standard InChI is InChI=1S/C16H16ClN5O2S/c1-9(2)15-20-21-16(25-15)18-12(23)7-8-13-19-14(22-24-13)10-3-5-11(17)6-4-10/h3-6,9H,7-8H2,1-2H3,(H,18,21,23). The molecule has 9 heteroatoms. The molecule has 0 aliphatic heterocycles. The molecule has 7 nitrogen and oxygen atoms in total. The van der Waals surface area contributed by atoms with E-state index in [0.29, 0.717) is 28.3 Å². The summed E-state index contributed by atoms with van der Waals surface area (Å²) in [5.74, 6) is 0.989. The molecular weight excluding hydrogens is 362 g/mol. The van der Waals surface area contributed by atoms with Gasteiger partial charge in [-0.3, -0.25) is 4.79 Å². The number of hydrogen-bond acceptors (Lipinski definition) is 7. The van der Waals surface area contributed by atoms with Crippen molar-refractivity contribution < 1.29 is 9.32 Å². The van der Waals surface area contributed by atoms with Crippen LogP contribution in [0.25, 0.3) is 11.4 Å². The molecule has 0 fully saturated rings. The third-order valence-corrected chi connectivity index (χ3v) is 4.71. The average molecular weight is 378 g/mol. The van der Waals surface area contributed by atoms with Crippen molar-refractivity contribution >= 4 is 34.0 Å². The van der Waals surface area contributed by atoms with Gasteiger partial charge >= 0.3 is 0 Å². The van der Waals surface area contributed by atoms with E-state index in [1.807, 2.05) is 26.0 Å². The Bertz CT molecular complexity index is 860. The van der Waals surface area contributed by atoms with Crippen LogP contribution in [0.3, 0.4) is 0 Å². The lowest BCUT2D eigenvalue weighted by Gasteiger charge is -1.98. The fraction of sp³-hybridized carbons (Fsp3) is 0.312. The van der Waals surface area contributed by atoms with E-state index in [1.165, 1.54) is 11.3 Å². The second-order valence-electron chi connectivity index (χ2n) is 5.67. The van der Waals surface area contributed by atoms with E-state index < -0.39 is 0 Å². The Kier molecular flexibility index (Phi) is 5.40. The number of carbonyl (C=O) groups is 1. The van der Waals surface area contributed by atoms with Gasteiger partial charge in [-0.05, 0) is 24.3 Å². The molecule has 3 rings (SSSR count). The molecule has 0 aliphatic rings. The Balaban J connectivity index is 1.54. The maximum atomic E-state index is 12.0. The highest BCUT2D eigenvalue weighted by Crippen LogP contribution is 2.23. The number of nitrogens with zero attached hydrogens (tertiary/aromatic N) is 4. The van der Waals surface area contributed by atoms with Crippen LogP contribution in [0, 0.1) is 0 Å². The second-order valence-corrected chi connectivity index (χ2v) is 7.11. The lowest BCUT2D eigenvalue weighted by Crippen LogP contribution is -2.12. The number of nitrogens with one attached hydrogen (secondary N) is 1. The molecule has 0 radical (unpaired) electrons. The normalized spacial score (nSPS) is 11.0. The first-order chi connectivity index (χ1) is 12.0. The summed E-state index contributed by atoms with van der Waals surface area (Å²) in [4.78, 5) is 16.3. The van der Waals surface area contributed by atoms with Crippen molar-refractivity contribution in [1.82, 2.24) is 20.3 Å². The van der Waals surface area contributed by atoms with Gasteiger partial charge in [0.2, 0.25) is 22.8 Å². The van der Waals surface area contributed by atoms with E-state index in [0.717, 1.165) is 10.6 Å². The third-order valence-electron chi connectivity index (χ3n) is 3.32. The number of anilines is 1. The maximum Gasteiger partial charge on any atom is 0.227 e. The number of rotatable bonds is 6. The highest BCUT2D eigenvalue weighted by Gasteiger charge is 2.13. The van der Waals surface area contributed by atoms with E-state index in [9.17, 15) is 4.79 Å². The lowest BCUT2D eigenvalue weighted by molar-refractivity contribution is -0.116. The molecule has 0 saturated heterocycles. The van der Waals surface area contributed by atoms with Crippen molar-refractivity contribution in [1.29, 1.82) is 0 Å². The number of halogens is 1. The Hall–Kier alpha value is -2.32. The van der Waals surface area contributed by atoms with Crippen molar-refractivity contribution in [3.05, 3.63) is 40.2 Å². The Labute approximate surface area is 153 Å². The average Bonchev–Trinajstić information content (AvgIpc) is 3.23. The first-order valence-corrected chi connectivity index (χ1v) is 8.92. The molecule has 0 bridgehead atoms. The Morgan fingerprint density at radius 2 is 2.04 bits per heavy atom. The minimum absolute atomic E-state index is 0.169. The van der Waals surface area contributed by atoms with Crippen LogP contribution >= 0.6 is 22.9 Å². The van der Waals surface area contributed by atoms with Crippen molar-refractivity contribution in [2.45, 2.75) is 32.6 Å². The number of carbonyl (C=O) groups excluding carboxylic acids is 1. The van der Waals surface area contributed by atoms with Crippen LogP contribution in [0.2, 0.25) is 5.02 Å². The minimum atomic E-state index is -0.169. The van der Waals surface area contributed by atoms with Crippen molar-refractivity contribution in [2.24, 2.45) is 0 Å². The van der Waals surface area contributed by atoms with Crippen molar-refractivity contribution in [3.8, 4) is 11.4 Å². The first-order valence-electron chi connectivity index (χ1n) is 7.73. The predicted octanol–water partition coefficient (Wildman–Crippen LogP) is 3.94. The zero-order valence-electron chi connectivity index (χ0n) is 13.7. The van der Waals surface area contributed by atoms with E-state index in [-0.39, 0.29) is 18.2 Å². The first kappa shape index (κ1) is 17.5. The van der Waals surface area contributed by atoms with Crippen LogP contribution in [0.1, 0.15) is 37.1 Å². The molecule has 3 aromatic rings. The van der Waals surface area contributed by atoms with Crippen LogP contribution < -0.4 is 5.32 Å². The summed E-state index contributed by atoms with van der Waals surface area (Å²) in [5, 5.41) is 16.7. The molecule has 0 saturated carbocycles. The zero-order chi connectivity index (χ0) is 17.8. The van der Waals surface area contributed by atoms with Gasteiger partial charge in [0.15, 0.2) is 0 Å². The SMILES string of the molecule is CC(C)c1nnc(NC(=O)CCc2nc(-c3ccc(Cl)cc3)no2)s1. The summed E-state index contributed by atoms with van der Waals surface area (Å²) < 4.78 is 5.19. The Morgan fingerprint density at radius 1 is 1.28 bits per heavy atom. The molecule has 2 heterocycles. The summed E-state index contributed by atoms with van der Waals surface area (Å²) in [6, 6.07) is 7.14. The summed E-state index contributed by atoms with van der Waals surface area (Å²) >= 11 is 7.23. The zero-order valence-corrected chi connectivity index (χ0v) is 15.3. The fourth-order valence-electron chi connectivity index (χ4n) is 1.99. The molecular formula is C16H16ClN5O2S. The van der Waals surface area contributed by atoms with Crippen LogP contribution in [0.15, 0.2) is 28.8 Å². The molecule has 0 atom stereocenters.